The lowest BCUT2D eigenvalue weighted by Crippen LogP contribution is -2.36. The van der Waals surface area contributed by atoms with Gasteiger partial charge in [-0.25, -0.2) is 4.98 Å². The molecule has 0 aliphatic carbocycles. The van der Waals surface area contributed by atoms with Crippen molar-refractivity contribution in [3.8, 4) is 23.0 Å². The molecular formula is C30H30N4O7S. The minimum absolute atomic E-state index is 0.0279. The number of carbonyl (C=O) groups excluding carboxylic acids is 1. The van der Waals surface area contributed by atoms with E-state index in [1.807, 2.05) is 36.4 Å². The van der Waals surface area contributed by atoms with Crippen LogP contribution in [-0.2, 0) is 16.1 Å². The van der Waals surface area contributed by atoms with Crippen LogP contribution in [0.3, 0.4) is 0 Å². The molecule has 1 aromatic heterocycles. The third kappa shape index (κ3) is 5.81. The fourth-order valence-corrected chi connectivity index (χ4v) is 5.69. The number of ether oxygens (including phenoxy) is 5. The molecule has 0 atom stereocenters. The largest absolute Gasteiger partial charge is 0.497 e. The Labute approximate surface area is 246 Å². The van der Waals surface area contributed by atoms with Crippen molar-refractivity contribution in [2.24, 2.45) is 0 Å². The molecule has 0 bridgehead atoms. The highest BCUT2D eigenvalue weighted by Crippen LogP contribution is 2.33. The molecular weight excluding hydrogens is 560 g/mol. The fraction of sp³-hybridized carbons (Fsp3) is 0.300. The molecule has 1 saturated heterocycles. The molecule has 42 heavy (non-hydrogen) atoms. The average molecular weight is 591 g/mol. The number of methoxy groups -OCH3 is 2. The second-order valence-electron chi connectivity index (χ2n) is 9.68. The van der Waals surface area contributed by atoms with Gasteiger partial charge in [-0.05, 0) is 48.0 Å². The predicted molar refractivity (Wildman–Crippen MR) is 160 cm³/mol. The topological polar surface area (TPSA) is 113 Å². The van der Waals surface area contributed by atoms with Crippen molar-refractivity contribution in [3.63, 3.8) is 0 Å². The number of nitrogens with one attached hydrogen (secondary N) is 1. The van der Waals surface area contributed by atoms with Gasteiger partial charge in [0.1, 0.15) is 11.5 Å². The molecule has 11 nitrogen and oxygen atoms in total. The minimum Gasteiger partial charge on any atom is -0.497 e. The fourth-order valence-electron chi connectivity index (χ4n) is 4.90. The number of hydrogen-bond donors (Lipinski definition) is 1. The summed E-state index contributed by atoms with van der Waals surface area (Å²) in [4.78, 5) is 34.0. The summed E-state index contributed by atoms with van der Waals surface area (Å²) in [6.45, 7) is 3.21. The van der Waals surface area contributed by atoms with E-state index in [0.717, 1.165) is 24.3 Å². The molecule has 4 aromatic rings. The van der Waals surface area contributed by atoms with Gasteiger partial charge in [-0.2, -0.15) is 0 Å². The summed E-state index contributed by atoms with van der Waals surface area (Å²) in [6, 6.07) is 16.5. The summed E-state index contributed by atoms with van der Waals surface area (Å²) in [6.07, 6.45) is 0. The van der Waals surface area contributed by atoms with Gasteiger partial charge in [0.25, 0.3) is 5.56 Å². The Balaban J connectivity index is 1.30. The van der Waals surface area contributed by atoms with Crippen molar-refractivity contribution >= 4 is 39.9 Å². The Morgan fingerprint density at radius 1 is 1.00 bits per heavy atom. The first-order valence-corrected chi connectivity index (χ1v) is 14.4. The Hall–Kier alpha value is -4.42. The Bertz CT molecular complexity index is 1690. The molecule has 0 radical (unpaired) electrons. The number of nitrogens with zero attached hydrogens (tertiary/aromatic N) is 3. The summed E-state index contributed by atoms with van der Waals surface area (Å²) in [5.41, 5.74) is 2.70. The Morgan fingerprint density at radius 2 is 1.83 bits per heavy atom. The molecule has 3 aromatic carbocycles. The third-order valence-corrected chi connectivity index (χ3v) is 8.05. The molecule has 0 unspecified atom stereocenters. The lowest BCUT2D eigenvalue weighted by atomic mass is 10.1. The summed E-state index contributed by atoms with van der Waals surface area (Å²) >= 11 is 1.19. The third-order valence-electron chi connectivity index (χ3n) is 7.07. The van der Waals surface area contributed by atoms with Gasteiger partial charge in [0.2, 0.25) is 12.7 Å². The van der Waals surface area contributed by atoms with Crippen molar-refractivity contribution < 1.29 is 28.5 Å². The smallest absolute Gasteiger partial charge is 0.262 e. The quantitative estimate of drug-likeness (QED) is 0.228. The van der Waals surface area contributed by atoms with Gasteiger partial charge in [-0.15, -0.1) is 0 Å². The van der Waals surface area contributed by atoms with Gasteiger partial charge in [0.15, 0.2) is 16.7 Å². The number of amides is 1. The molecule has 3 heterocycles. The minimum atomic E-state index is -0.268. The summed E-state index contributed by atoms with van der Waals surface area (Å²) in [7, 11) is 3.09. The highest BCUT2D eigenvalue weighted by Gasteiger charge is 2.19. The van der Waals surface area contributed by atoms with E-state index >= 15 is 0 Å². The summed E-state index contributed by atoms with van der Waals surface area (Å²) < 4.78 is 28.7. The van der Waals surface area contributed by atoms with Crippen LogP contribution >= 0.6 is 11.8 Å². The van der Waals surface area contributed by atoms with Crippen molar-refractivity contribution in [1.29, 1.82) is 0 Å². The van der Waals surface area contributed by atoms with Gasteiger partial charge in [0, 0.05) is 24.8 Å². The van der Waals surface area contributed by atoms with Crippen LogP contribution in [0.2, 0.25) is 0 Å². The first-order valence-electron chi connectivity index (χ1n) is 13.4. The molecule has 12 heteroatoms. The lowest BCUT2D eigenvalue weighted by molar-refractivity contribution is -0.113. The number of aromatic nitrogens is 2. The molecule has 0 spiro atoms. The maximum absolute atomic E-state index is 14.0. The van der Waals surface area contributed by atoms with E-state index in [9.17, 15) is 9.59 Å². The number of anilines is 2. The van der Waals surface area contributed by atoms with Crippen LogP contribution in [0.1, 0.15) is 5.56 Å². The van der Waals surface area contributed by atoms with Gasteiger partial charge in [0.05, 0.1) is 56.3 Å². The van der Waals surface area contributed by atoms with Crippen LogP contribution in [0.25, 0.3) is 10.9 Å². The molecule has 1 N–H and O–H groups in total. The SMILES string of the molecule is COc1ccc(NC(=O)CSc2nc3ccc(N4CCOCC4)cc3c(=O)n2Cc2ccc3c(c2)OCO3)c(OC)c1. The zero-order valence-corrected chi connectivity index (χ0v) is 24.1. The highest BCUT2D eigenvalue weighted by molar-refractivity contribution is 7.99. The maximum Gasteiger partial charge on any atom is 0.262 e. The number of morpholine rings is 1. The van der Waals surface area contributed by atoms with E-state index in [1.165, 1.54) is 18.9 Å². The number of rotatable bonds is 9. The summed E-state index contributed by atoms with van der Waals surface area (Å²) in [5, 5.41) is 3.82. The second kappa shape index (κ2) is 12.2. The Morgan fingerprint density at radius 3 is 2.64 bits per heavy atom. The van der Waals surface area contributed by atoms with Gasteiger partial charge < -0.3 is 33.9 Å². The van der Waals surface area contributed by atoms with Crippen LogP contribution in [0.15, 0.2) is 64.5 Å². The molecule has 218 valence electrons. The van der Waals surface area contributed by atoms with E-state index in [4.69, 9.17) is 28.7 Å². The van der Waals surface area contributed by atoms with Crippen LogP contribution in [0, 0.1) is 0 Å². The molecule has 0 saturated carbocycles. The Kier molecular flexibility index (Phi) is 8.06. The number of hydrogen-bond acceptors (Lipinski definition) is 10. The van der Waals surface area contributed by atoms with Gasteiger partial charge in [-0.1, -0.05) is 17.8 Å². The zero-order chi connectivity index (χ0) is 29.1. The van der Waals surface area contributed by atoms with Crippen molar-refractivity contribution in [3.05, 3.63) is 70.5 Å². The van der Waals surface area contributed by atoms with Crippen molar-refractivity contribution in [1.82, 2.24) is 9.55 Å². The monoisotopic (exact) mass is 590 g/mol. The van der Waals surface area contributed by atoms with Gasteiger partial charge in [-0.3, -0.25) is 14.2 Å². The normalized spacial score (nSPS) is 14.2. The molecule has 1 fully saturated rings. The zero-order valence-electron chi connectivity index (χ0n) is 23.3. The van der Waals surface area contributed by atoms with E-state index in [2.05, 4.69) is 10.2 Å². The lowest BCUT2D eigenvalue weighted by Gasteiger charge is -2.29. The van der Waals surface area contributed by atoms with Crippen LogP contribution in [-0.4, -0.2) is 68.5 Å². The van der Waals surface area contributed by atoms with E-state index in [0.29, 0.717) is 58.0 Å². The number of benzene rings is 3. The number of fused-ring (bicyclic) bond motifs is 2. The van der Waals surface area contributed by atoms with Crippen LogP contribution < -0.4 is 34.7 Å². The van der Waals surface area contributed by atoms with E-state index < -0.39 is 0 Å². The standard InChI is InChI=1S/C30H30N4O7S/c1-37-21-5-7-24(26(15-21)38-2)31-28(35)17-42-30-32-23-6-4-20(33-9-11-39-12-10-33)14-22(23)29(36)34(30)16-19-3-8-25-27(13-19)41-18-40-25/h3-8,13-15H,9-12,16-18H2,1-2H3,(H,31,35). The number of thioether (sulfide) groups is 1. The molecule has 2 aliphatic heterocycles. The second-order valence-corrected chi connectivity index (χ2v) is 10.6. The van der Waals surface area contributed by atoms with Crippen molar-refractivity contribution in [2.75, 3.05) is 63.3 Å². The highest BCUT2D eigenvalue weighted by atomic mass is 32.2. The van der Waals surface area contributed by atoms with Crippen LogP contribution in [0.5, 0.6) is 23.0 Å². The first-order chi connectivity index (χ1) is 20.5. The van der Waals surface area contributed by atoms with E-state index in [1.54, 1.807) is 29.9 Å². The molecule has 1 amide bonds. The van der Waals surface area contributed by atoms with E-state index in [-0.39, 0.29) is 30.6 Å². The maximum atomic E-state index is 14.0. The molecule has 2 aliphatic rings. The van der Waals surface area contributed by atoms with Gasteiger partial charge >= 0.3 is 0 Å². The number of carbonyl (C=O) groups is 1. The average Bonchev–Trinajstić information content (AvgIpc) is 3.50. The molecule has 6 rings (SSSR count). The summed E-state index contributed by atoms with van der Waals surface area (Å²) in [5.74, 6) is 2.15. The predicted octanol–water partition coefficient (Wildman–Crippen LogP) is 3.76. The first kappa shape index (κ1) is 27.7. The van der Waals surface area contributed by atoms with Crippen LogP contribution in [0.4, 0.5) is 11.4 Å². The van der Waals surface area contributed by atoms with Crippen molar-refractivity contribution in [2.45, 2.75) is 11.7 Å².